The van der Waals surface area contributed by atoms with Gasteiger partial charge in [-0.15, -0.1) is 0 Å². The number of anilines is 2. The van der Waals surface area contributed by atoms with Gasteiger partial charge in [-0.2, -0.15) is 0 Å². The number of ketones is 1. The van der Waals surface area contributed by atoms with Crippen LogP contribution in [0.3, 0.4) is 0 Å². The molecule has 0 aliphatic heterocycles. The molecule has 6 nitrogen and oxygen atoms in total. The summed E-state index contributed by atoms with van der Waals surface area (Å²) in [6, 6.07) is 16.2. The molecular formula is C24H21N5O. The molecule has 6 heteroatoms. The summed E-state index contributed by atoms with van der Waals surface area (Å²) in [6.45, 7) is 4.02. The van der Waals surface area contributed by atoms with Crippen molar-refractivity contribution in [2.75, 3.05) is 5.32 Å². The summed E-state index contributed by atoms with van der Waals surface area (Å²) in [5.74, 6) is 1.08. The zero-order valence-electron chi connectivity index (χ0n) is 16.9. The van der Waals surface area contributed by atoms with Crippen molar-refractivity contribution in [2.24, 2.45) is 0 Å². The third kappa shape index (κ3) is 3.41. The number of carbonyl (C=O) groups is 1. The molecule has 2 heterocycles. The Bertz CT molecular complexity index is 1270. The van der Waals surface area contributed by atoms with E-state index in [2.05, 4.69) is 50.4 Å². The van der Waals surface area contributed by atoms with E-state index < -0.39 is 0 Å². The van der Waals surface area contributed by atoms with Crippen LogP contribution in [-0.4, -0.2) is 25.7 Å². The fraction of sp³-hybridized carbons (Fsp3) is 0.208. The molecule has 0 amide bonds. The van der Waals surface area contributed by atoms with Crippen LogP contribution in [-0.2, 0) is 6.42 Å². The van der Waals surface area contributed by atoms with Crippen LogP contribution >= 0.6 is 0 Å². The fourth-order valence-corrected chi connectivity index (χ4v) is 4.02. The third-order valence-corrected chi connectivity index (χ3v) is 5.58. The maximum atomic E-state index is 12.6. The average Bonchev–Trinajstić information content (AvgIpc) is 2.75. The summed E-state index contributed by atoms with van der Waals surface area (Å²) in [6.07, 6.45) is 2.81. The van der Waals surface area contributed by atoms with E-state index in [0.29, 0.717) is 30.3 Å². The highest BCUT2D eigenvalue weighted by atomic mass is 16.1. The van der Waals surface area contributed by atoms with Gasteiger partial charge in [0, 0.05) is 18.0 Å². The number of Topliss-reactive ketones (excluding diaryl/α,β-unsaturated/α-hetero) is 1. The Morgan fingerprint density at radius 3 is 2.60 bits per heavy atom. The molecule has 148 valence electrons. The van der Waals surface area contributed by atoms with Crippen LogP contribution in [0.2, 0.25) is 0 Å². The molecule has 4 aromatic rings. The van der Waals surface area contributed by atoms with Gasteiger partial charge in [-0.25, -0.2) is 19.9 Å². The first-order valence-corrected chi connectivity index (χ1v) is 10.0. The zero-order chi connectivity index (χ0) is 20.7. The van der Waals surface area contributed by atoms with Gasteiger partial charge in [-0.1, -0.05) is 42.0 Å². The zero-order valence-corrected chi connectivity index (χ0v) is 16.9. The Hall–Kier alpha value is -3.67. The van der Waals surface area contributed by atoms with E-state index in [4.69, 9.17) is 0 Å². The van der Waals surface area contributed by atoms with Gasteiger partial charge in [0.25, 0.3) is 0 Å². The number of nitrogens with one attached hydrogen (secondary N) is 1. The van der Waals surface area contributed by atoms with Gasteiger partial charge in [0.15, 0.2) is 5.78 Å². The van der Waals surface area contributed by atoms with Crippen LogP contribution in [0.1, 0.15) is 45.2 Å². The minimum absolute atomic E-state index is 0.0878. The summed E-state index contributed by atoms with van der Waals surface area (Å²) in [4.78, 5) is 30.8. The lowest BCUT2D eigenvalue weighted by molar-refractivity contribution is 0.0962. The first kappa shape index (κ1) is 18.4. The van der Waals surface area contributed by atoms with Crippen LogP contribution in [0.15, 0.2) is 54.7 Å². The number of aromatic nitrogens is 4. The van der Waals surface area contributed by atoms with E-state index in [1.165, 1.54) is 5.56 Å². The Kier molecular flexibility index (Phi) is 4.47. The first-order valence-electron chi connectivity index (χ1n) is 10.0. The summed E-state index contributed by atoms with van der Waals surface area (Å²) in [5, 5.41) is 4.15. The number of hydrogen-bond acceptors (Lipinski definition) is 6. The highest BCUT2D eigenvalue weighted by Crippen LogP contribution is 2.32. The van der Waals surface area contributed by atoms with Crippen LogP contribution in [0, 0.1) is 13.8 Å². The van der Waals surface area contributed by atoms with E-state index in [0.717, 1.165) is 27.9 Å². The minimum Gasteiger partial charge on any atom is -0.294 e. The molecule has 0 bridgehead atoms. The Morgan fingerprint density at radius 1 is 0.933 bits per heavy atom. The Morgan fingerprint density at radius 2 is 1.77 bits per heavy atom. The van der Waals surface area contributed by atoms with Crippen molar-refractivity contribution < 1.29 is 4.79 Å². The lowest BCUT2D eigenvalue weighted by Gasteiger charge is -2.23. The van der Waals surface area contributed by atoms with Gasteiger partial charge in [0.2, 0.25) is 11.9 Å². The molecule has 2 aromatic heterocycles. The lowest BCUT2D eigenvalue weighted by Crippen LogP contribution is -2.21. The smallest absolute Gasteiger partial charge is 0.230 e. The highest BCUT2D eigenvalue weighted by molar-refractivity contribution is 5.98. The number of aryl methyl sites for hydroxylation is 2. The average molecular weight is 395 g/mol. The Labute approximate surface area is 174 Å². The van der Waals surface area contributed by atoms with E-state index in [9.17, 15) is 4.79 Å². The molecule has 1 aliphatic rings. The number of benzene rings is 2. The molecule has 30 heavy (non-hydrogen) atoms. The van der Waals surface area contributed by atoms with Gasteiger partial charge in [-0.05, 0) is 43.9 Å². The molecule has 0 fully saturated rings. The second kappa shape index (κ2) is 7.30. The number of hydrogen-bond donors (Lipinski definition) is 1. The summed E-state index contributed by atoms with van der Waals surface area (Å²) < 4.78 is 0. The lowest BCUT2D eigenvalue weighted by atomic mass is 9.82. The van der Waals surface area contributed by atoms with Crippen LogP contribution in [0.25, 0.3) is 10.9 Å². The molecule has 0 radical (unpaired) electrons. The first-order chi connectivity index (χ1) is 14.6. The third-order valence-electron chi connectivity index (χ3n) is 5.58. The summed E-state index contributed by atoms with van der Waals surface area (Å²) in [7, 11) is 0. The van der Waals surface area contributed by atoms with Crippen molar-refractivity contribution in [3.8, 4) is 0 Å². The van der Waals surface area contributed by atoms with Crippen molar-refractivity contribution in [1.29, 1.82) is 0 Å². The van der Waals surface area contributed by atoms with Gasteiger partial charge < -0.3 is 0 Å². The summed E-state index contributed by atoms with van der Waals surface area (Å²) in [5.41, 5.74) is 5.47. The van der Waals surface area contributed by atoms with Crippen molar-refractivity contribution in [3.05, 3.63) is 82.8 Å². The quantitative estimate of drug-likeness (QED) is 0.542. The SMILES string of the molecule is Cc1ccc2nc(Nc3ncc4c(n3)C[C@@H](c3ccccc3)CC4=O)nc(C)c2c1. The fourth-order valence-electron chi connectivity index (χ4n) is 4.02. The predicted octanol–water partition coefficient (Wildman–Crippen LogP) is 4.69. The molecule has 0 spiro atoms. The predicted molar refractivity (Wildman–Crippen MR) is 116 cm³/mol. The molecule has 1 aliphatic carbocycles. The minimum atomic E-state index is 0.0878. The van der Waals surface area contributed by atoms with Crippen molar-refractivity contribution in [2.45, 2.75) is 32.6 Å². The van der Waals surface area contributed by atoms with Crippen molar-refractivity contribution in [3.63, 3.8) is 0 Å². The monoisotopic (exact) mass is 395 g/mol. The number of nitrogens with zero attached hydrogens (tertiary/aromatic N) is 4. The second-order valence-corrected chi connectivity index (χ2v) is 7.77. The summed E-state index contributed by atoms with van der Waals surface area (Å²) >= 11 is 0. The van der Waals surface area contributed by atoms with Gasteiger partial charge in [0.1, 0.15) is 0 Å². The molecule has 5 rings (SSSR count). The van der Waals surface area contributed by atoms with Gasteiger partial charge in [-0.3, -0.25) is 10.1 Å². The van der Waals surface area contributed by atoms with Gasteiger partial charge >= 0.3 is 0 Å². The Balaban J connectivity index is 1.45. The van der Waals surface area contributed by atoms with Crippen molar-refractivity contribution >= 4 is 28.6 Å². The molecule has 0 unspecified atom stereocenters. The topological polar surface area (TPSA) is 80.7 Å². The molecular weight excluding hydrogens is 374 g/mol. The van der Waals surface area contributed by atoms with Crippen LogP contribution in [0.4, 0.5) is 11.9 Å². The molecule has 0 saturated heterocycles. The van der Waals surface area contributed by atoms with Crippen molar-refractivity contribution in [1.82, 2.24) is 19.9 Å². The molecule has 1 atom stereocenters. The molecule has 0 saturated carbocycles. The standard InChI is InChI=1S/C24H21N5O/c1-14-8-9-20-18(10-14)15(2)26-24(27-20)29-23-25-13-19-21(28-23)11-17(12-22(19)30)16-6-4-3-5-7-16/h3-10,13,17H,11-12H2,1-2H3,(H,25,26,27,28,29)/t17-/m1/s1. The van der Waals surface area contributed by atoms with Crippen LogP contribution in [0.5, 0.6) is 0 Å². The van der Waals surface area contributed by atoms with Gasteiger partial charge in [0.05, 0.1) is 22.5 Å². The van der Waals surface area contributed by atoms with E-state index in [1.807, 2.05) is 37.3 Å². The largest absolute Gasteiger partial charge is 0.294 e. The highest BCUT2D eigenvalue weighted by Gasteiger charge is 2.28. The normalized spacial score (nSPS) is 15.8. The van der Waals surface area contributed by atoms with E-state index in [1.54, 1.807) is 6.20 Å². The van der Waals surface area contributed by atoms with E-state index in [-0.39, 0.29) is 11.7 Å². The second-order valence-electron chi connectivity index (χ2n) is 7.77. The molecule has 1 N–H and O–H groups in total. The van der Waals surface area contributed by atoms with E-state index >= 15 is 0 Å². The number of carbonyl (C=O) groups excluding carboxylic acids is 1. The number of rotatable bonds is 3. The van der Waals surface area contributed by atoms with Crippen LogP contribution < -0.4 is 5.32 Å². The number of fused-ring (bicyclic) bond motifs is 2. The maximum Gasteiger partial charge on any atom is 0.230 e. The maximum absolute atomic E-state index is 12.6. The molecule has 2 aromatic carbocycles.